The van der Waals surface area contributed by atoms with Gasteiger partial charge in [-0.25, -0.2) is 9.78 Å². The summed E-state index contributed by atoms with van der Waals surface area (Å²) in [5, 5.41) is 3.04. The van der Waals surface area contributed by atoms with E-state index in [1.54, 1.807) is 12.1 Å². The fraction of sp³-hybridized carbons (Fsp3) is 0.333. The summed E-state index contributed by atoms with van der Waals surface area (Å²) in [6.45, 7) is 1.32. The van der Waals surface area contributed by atoms with E-state index < -0.39 is 5.97 Å². The largest absolute Gasteiger partial charge is 0.488 e. The minimum atomic E-state index is -0.444. The Kier molecular flexibility index (Phi) is 2.22. The van der Waals surface area contributed by atoms with Gasteiger partial charge in [-0.15, -0.1) is 0 Å². The highest BCUT2D eigenvalue weighted by molar-refractivity contribution is 5.88. The van der Waals surface area contributed by atoms with E-state index in [-0.39, 0.29) is 5.69 Å². The van der Waals surface area contributed by atoms with Crippen molar-refractivity contribution in [2.24, 2.45) is 0 Å². The summed E-state index contributed by atoms with van der Waals surface area (Å²) in [4.78, 5) is 15.2. The minimum Gasteiger partial charge on any atom is -0.488 e. The second-order valence-electron chi connectivity index (χ2n) is 2.81. The number of carbonyl (C=O) groups is 1. The Hall–Kier alpha value is -1.78. The standard InChI is InChI=1S/C9H10N2O3/c1-13-9(12)6-2-3-7-8(11-6)10-4-5-14-7/h2-3H,4-5H2,1H3,(H,10,11). The van der Waals surface area contributed by atoms with E-state index >= 15 is 0 Å². The molecule has 0 aromatic carbocycles. The van der Waals surface area contributed by atoms with E-state index in [2.05, 4.69) is 15.0 Å². The van der Waals surface area contributed by atoms with Crippen LogP contribution in [0.4, 0.5) is 5.82 Å². The van der Waals surface area contributed by atoms with E-state index in [0.717, 1.165) is 0 Å². The van der Waals surface area contributed by atoms with E-state index in [1.165, 1.54) is 7.11 Å². The SMILES string of the molecule is COC(=O)c1ccc2c(n1)NCCO2. The quantitative estimate of drug-likeness (QED) is 0.666. The van der Waals surface area contributed by atoms with Crippen molar-refractivity contribution in [3.8, 4) is 5.75 Å². The predicted octanol–water partition coefficient (Wildman–Crippen LogP) is 0.672. The van der Waals surface area contributed by atoms with Crippen LogP contribution in [0.3, 0.4) is 0 Å². The van der Waals surface area contributed by atoms with Gasteiger partial charge in [-0.05, 0) is 12.1 Å². The number of ether oxygens (including phenoxy) is 2. The van der Waals surface area contributed by atoms with Crippen molar-refractivity contribution in [1.29, 1.82) is 0 Å². The topological polar surface area (TPSA) is 60.5 Å². The third-order valence-electron chi connectivity index (χ3n) is 1.90. The molecule has 1 aromatic heterocycles. The molecule has 14 heavy (non-hydrogen) atoms. The number of esters is 1. The Labute approximate surface area is 81.0 Å². The Morgan fingerprint density at radius 2 is 2.50 bits per heavy atom. The number of pyridine rings is 1. The molecule has 0 saturated carbocycles. The van der Waals surface area contributed by atoms with Crippen molar-refractivity contribution in [3.05, 3.63) is 17.8 Å². The van der Waals surface area contributed by atoms with Crippen LogP contribution in [0.5, 0.6) is 5.75 Å². The smallest absolute Gasteiger partial charge is 0.356 e. The summed E-state index contributed by atoms with van der Waals surface area (Å²) < 4.78 is 9.87. The van der Waals surface area contributed by atoms with Crippen molar-refractivity contribution in [1.82, 2.24) is 4.98 Å². The summed E-state index contributed by atoms with van der Waals surface area (Å²) in [6, 6.07) is 3.29. The molecule has 0 bridgehead atoms. The minimum absolute atomic E-state index is 0.282. The highest BCUT2D eigenvalue weighted by Crippen LogP contribution is 2.24. The number of fused-ring (bicyclic) bond motifs is 1. The van der Waals surface area contributed by atoms with Gasteiger partial charge >= 0.3 is 5.97 Å². The Morgan fingerprint density at radius 1 is 1.64 bits per heavy atom. The first kappa shape index (κ1) is 8.80. The van der Waals surface area contributed by atoms with E-state index in [4.69, 9.17) is 4.74 Å². The highest BCUT2D eigenvalue weighted by atomic mass is 16.5. The van der Waals surface area contributed by atoms with Crippen LogP contribution in [-0.4, -0.2) is 31.2 Å². The first-order valence-corrected chi connectivity index (χ1v) is 4.27. The van der Waals surface area contributed by atoms with Crippen LogP contribution in [0.15, 0.2) is 12.1 Å². The molecule has 1 aliphatic rings. The summed E-state index contributed by atoms with van der Waals surface area (Å²) in [5.74, 6) is 0.822. The lowest BCUT2D eigenvalue weighted by atomic mass is 10.3. The van der Waals surface area contributed by atoms with Crippen molar-refractivity contribution in [2.75, 3.05) is 25.6 Å². The molecule has 5 nitrogen and oxygen atoms in total. The van der Waals surface area contributed by atoms with Gasteiger partial charge in [-0.1, -0.05) is 0 Å². The maximum Gasteiger partial charge on any atom is 0.356 e. The molecule has 1 aliphatic heterocycles. The third-order valence-corrected chi connectivity index (χ3v) is 1.90. The van der Waals surface area contributed by atoms with E-state index in [9.17, 15) is 4.79 Å². The molecule has 0 aliphatic carbocycles. The van der Waals surface area contributed by atoms with E-state index in [0.29, 0.717) is 24.7 Å². The third kappa shape index (κ3) is 1.48. The fourth-order valence-electron chi connectivity index (χ4n) is 1.24. The van der Waals surface area contributed by atoms with Gasteiger partial charge in [0.2, 0.25) is 0 Å². The van der Waals surface area contributed by atoms with Crippen LogP contribution in [0, 0.1) is 0 Å². The number of rotatable bonds is 1. The number of nitrogens with zero attached hydrogens (tertiary/aromatic N) is 1. The summed E-state index contributed by atoms with van der Waals surface area (Å²) in [5.41, 5.74) is 0.282. The molecule has 0 amide bonds. The molecular weight excluding hydrogens is 184 g/mol. The first-order valence-electron chi connectivity index (χ1n) is 4.27. The number of nitrogens with one attached hydrogen (secondary N) is 1. The zero-order valence-electron chi connectivity index (χ0n) is 7.74. The van der Waals surface area contributed by atoms with Gasteiger partial charge in [-0.2, -0.15) is 0 Å². The molecule has 0 radical (unpaired) electrons. The Bertz CT molecular complexity index is 365. The maximum atomic E-state index is 11.1. The van der Waals surface area contributed by atoms with Crippen LogP contribution in [0.1, 0.15) is 10.5 Å². The van der Waals surface area contributed by atoms with Gasteiger partial charge in [-0.3, -0.25) is 0 Å². The monoisotopic (exact) mass is 194 g/mol. The molecule has 74 valence electrons. The number of hydrogen-bond donors (Lipinski definition) is 1. The second-order valence-corrected chi connectivity index (χ2v) is 2.81. The normalized spacial score (nSPS) is 13.5. The van der Waals surface area contributed by atoms with Gasteiger partial charge in [0.15, 0.2) is 17.3 Å². The van der Waals surface area contributed by atoms with Gasteiger partial charge in [0.05, 0.1) is 13.7 Å². The van der Waals surface area contributed by atoms with Crippen LogP contribution < -0.4 is 10.1 Å². The molecule has 2 rings (SSSR count). The fourth-order valence-corrected chi connectivity index (χ4v) is 1.24. The number of hydrogen-bond acceptors (Lipinski definition) is 5. The van der Waals surface area contributed by atoms with Crippen molar-refractivity contribution < 1.29 is 14.3 Å². The van der Waals surface area contributed by atoms with Crippen LogP contribution in [0.25, 0.3) is 0 Å². The zero-order chi connectivity index (χ0) is 9.97. The summed E-state index contributed by atoms with van der Waals surface area (Å²) in [7, 11) is 1.33. The molecular formula is C9H10N2O3. The van der Waals surface area contributed by atoms with Crippen molar-refractivity contribution in [3.63, 3.8) is 0 Å². The molecule has 0 unspecified atom stereocenters. The molecule has 5 heteroatoms. The number of carbonyl (C=O) groups excluding carboxylic acids is 1. The van der Waals surface area contributed by atoms with Gasteiger partial charge in [0.1, 0.15) is 6.61 Å². The first-order chi connectivity index (χ1) is 6.81. The molecule has 2 heterocycles. The predicted molar refractivity (Wildman–Crippen MR) is 49.6 cm³/mol. The van der Waals surface area contributed by atoms with Gasteiger partial charge in [0, 0.05) is 0 Å². The van der Waals surface area contributed by atoms with Crippen LogP contribution in [-0.2, 0) is 4.74 Å². The number of anilines is 1. The number of methoxy groups -OCH3 is 1. The Morgan fingerprint density at radius 3 is 3.29 bits per heavy atom. The van der Waals surface area contributed by atoms with Gasteiger partial charge in [0.25, 0.3) is 0 Å². The number of aromatic nitrogens is 1. The van der Waals surface area contributed by atoms with Gasteiger partial charge < -0.3 is 14.8 Å². The molecule has 0 fully saturated rings. The zero-order valence-corrected chi connectivity index (χ0v) is 7.74. The van der Waals surface area contributed by atoms with Crippen LogP contribution in [0.2, 0.25) is 0 Å². The molecule has 0 saturated heterocycles. The Balaban J connectivity index is 2.33. The lowest BCUT2D eigenvalue weighted by molar-refractivity contribution is 0.0594. The second kappa shape index (κ2) is 3.53. The molecule has 1 N–H and O–H groups in total. The highest BCUT2D eigenvalue weighted by Gasteiger charge is 2.14. The van der Waals surface area contributed by atoms with E-state index in [1.807, 2.05) is 0 Å². The molecule has 0 spiro atoms. The van der Waals surface area contributed by atoms with Crippen molar-refractivity contribution >= 4 is 11.8 Å². The average molecular weight is 194 g/mol. The van der Waals surface area contributed by atoms with Crippen molar-refractivity contribution in [2.45, 2.75) is 0 Å². The molecule has 0 atom stereocenters. The maximum absolute atomic E-state index is 11.1. The average Bonchev–Trinajstić information content (AvgIpc) is 2.27. The van der Waals surface area contributed by atoms with Crippen LogP contribution >= 0.6 is 0 Å². The molecule has 1 aromatic rings. The summed E-state index contributed by atoms with van der Waals surface area (Å²) >= 11 is 0. The lowest BCUT2D eigenvalue weighted by Crippen LogP contribution is -2.20. The summed E-state index contributed by atoms with van der Waals surface area (Å²) in [6.07, 6.45) is 0. The lowest BCUT2D eigenvalue weighted by Gasteiger charge is -2.17.